The zero-order chi connectivity index (χ0) is 14.7. The van der Waals surface area contributed by atoms with Crippen molar-refractivity contribution in [2.75, 3.05) is 5.32 Å². The molecule has 1 heterocycles. The lowest BCUT2D eigenvalue weighted by Crippen LogP contribution is -2.26. The van der Waals surface area contributed by atoms with Crippen LogP contribution in [0.25, 0.3) is 0 Å². The van der Waals surface area contributed by atoms with Crippen molar-refractivity contribution < 1.29 is 4.79 Å². The second kappa shape index (κ2) is 5.91. The van der Waals surface area contributed by atoms with E-state index < -0.39 is 0 Å². The van der Waals surface area contributed by atoms with Gasteiger partial charge < -0.3 is 10.6 Å². The Morgan fingerprint density at radius 3 is 2.52 bits per heavy atom. The standard InChI is InChI=1S/C16H18N4O/c1-2-11-3-5-12(6-4-11)19-15-10-17-14(9-18-15)16(21)20-13-7-8-13/h3-6,9-10,13H,2,7-8H2,1H3,(H,18,19)(H,20,21). The molecule has 0 unspecified atom stereocenters. The number of aryl methyl sites for hydroxylation is 1. The topological polar surface area (TPSA) is 66.9 Å². The average Bonchev–Trinajstić information content (AvgIpc) is 3.33. The summed E-state index contributed by atoms with van der Waals surface area (Å²) in [4.78, 5) is 20.2. The van der Waals surface area contributed by atoms with E-state index in [9.17, 15) is 4.79 Å². The van der Waals surface area contributed by atoms with Crippen LogP contribution in [0.15, 0.2) is 36.7 Å². The second-order valence-corrected chi connectivity index (χ2v) is 5.21. The first-order chi connectivity index (χ1) is 10.2. The van der Waals surface area contributed by atoms with Gasteiger partial charge in [0, 0.05) is 11.7 Å². The summed E-state index contributed by atoms with van der Waals surface area (Å²) in [7, 11) is 0. The van der Waals surface area contributed by atoms with Gasteiger partial charge in [-0.05, 0) is 37.0 Å². The number of nitrogens with zero attached hydrogens (tertiary/aromatic N) is 2. The van der Waals surface area contributed by atoms with E-state index in [-0.39, 0.29) is 5.91 Å². The molecule has 108 valence electrons. The maximum atomic E-state index is 11.8. The molecule has 1 aliphatic carbocycles. The number of carbonyl (C=O) groups is 1. The van der Waals surface area contributed by atoms with Crippen molar-refractivity contribution in [1.29, 1.82) is 0 Å². The van der Waals surface area contributed by atoms with Crippen molar-refractivity contribution in [1.82, 2.24) is 15.3 Å². The van der Waals surface area contributed by atoms with Crippen LogP contribution in [-0.2, 0) is 6.42 Å². The third-order valence-electron chi connectivity index (χ3n) is 3.43. The van der Waals surface area contributed by atoms with E-state index in [0.29, 0.717) is 17.6 Å². The Bertz CT molecular complexity index is 618. The third kappa shape index (κ3) is 3.56. The van der Waals surface area contributed by atoms with Crippen LogP contribution in [-0.4, -0.2) is 21.9 Å². The van der Waals surface area contributed by atoms with Gasteiger partial charge in [-0.2, -0.15) is 0 Å². The molecule has 0 radical (unpaired) electrons. The SMILES string of the molecule is CCc1ccc(Nc2cnc(C(=O)NC3CC3)cn2)cc1. The second-order valence-electron chi connectivity index (χ2n) is 5.21. The van der Waals surface area contributed by atoms with Crippen molar-refractivity contribution >= 4 is 17.4 Å². The fourth-order valence-electron chi connectivity index (χ4n) is 1.97. The van der Waals surface area contributed by atoms with Gasteiger partial charge in [0.15, 0.2) is 0 Å². The van der Waals surface area contributed by atoms with Crippen LogP contribution in [0.1, 0.15) is 35.8 Å². The van der Waals surface area contributed by atoms with Gasteiger partial charge in [-0.3, -0.25) is 4.79 Å². The highest BCUT2D eigenvalue weighted by atomic mass is 16.2. The molecule has 1 aromatic heterocycles. The molecule has 0 spiro atoms. The maximum Gasteiger partial charge on any atom is 0.271 e. The predicted molar refractivity (Wildman–Crippen MR) is 81.6 cm³/mol. The van der Waals surface area contributed by atoms with Gasteiger partial charge in [0.1, 0.15) is 11.5 Å². The lowest BCUT2D eigenvalue weighted by Gasteiger charge is -2.07. The number of hydrogen-bond donors (Lipinski definition) is 2. The van der Waals surface area contributed by atoms with Gasteiger partial charge in [0.25, 0.3) is 5.91 Å². The monoisotopic (exact) mass is 282 g/mol. The molecule has 2 aromatic rings. The van der Waals surface area contributed by atoms with Gasteiger partial charge in [-0.25, -0.2) is 9.97 Å². The normalized spacial score (nSPS) is 13.8. The molecule has 1 amide bonds. The largest absolute Gasteiger partial charge is 0.348 e. The van der Waals surface area contributed by atoms with Crippen molar-refractivity contribution in [3.8, 4) is 0 Å². The first kappa shape index (κ1) is 13.5. The van der Waals surface area contributed by atoms with Crippen molar-refractivity contribution in [3.63, 3.8) is 0 Å². The van der Waals surface area contributed by atoms with E-state index in [4.69, 9.17) is 0 Å². The number of nitrogens with one attached hydrogen (secondary N) is 2. The smallest absolute Gasteiger partial charge is 0.271 e. The minimum absolute atomic E-state index is 0.149. The van der Waals surface area contributed by atoms with E-state index in [2.05, 4.69) is 39.7 Å². The highest BCUT2D eigenvalue weighted by Gasteiger charge is 2.24. The summed E-state index contributed by atoms with van der Waals surface area (Å²) in [6.45, 7) is 2.12. The summed E-state index contributed by atoms with van der Waals surface area (Å²) in [5.41, 5.74) is 2.60. The third-order valence-corrected chi connectivity index (χ3v) is 3.43. The fourth-order valence-corrected chi connectivity index (χ4v) is 1.97. The molecule has 1 fully saturated rings. The molecule has 0 saturated heterocycles. The number of benzene rings is 1. The molecule has 1 aromatic carbocycles. The number of aromatic nitrogens is 2. The van der Waals surface area contributed by atoms with Crippen LogP contribution < -0.4 is 10.6 Å². The van der Waals surface area contributed by atoms with Crippen molar-refractivity contribution in [3.05, 3.63) is 47.9 Å². The van der Waals surface area contributed by atoms with Crippen LogP contribution in [0.3, 0.4) is 0 Å². The Morgan fingerprint density at radius 1 is 1.19 bits per heavy atom. The van der Waals surface area contributed by atoms with E-state index in [1.165, 1.54) is 11.8 Å². The first-order valence-electron chi connectivity index (χ1n) is 7.23. The van der Waals surface area contributed by atoms with Gasteiger partial charge in [0.05, 0.1) is 12.4 Å². The van der Waals surface area contributed by atoms with Gasteiger partial charge in [-0.15, -0.1) is 0 Å². The van der Waals surface area contributed by atoms with Gasteiger partial charge in [0.2, 0.25) is 0 Å². The maximum absolute atomic E-state index is 11.8. The van der Waals surface area contributed by atoms with Crippen LogP contribution in [0.5, 0.6) is 0 Å². The van der Waals surface area contributed by atoms with Crippen LogP contribution in [0, 0.1) is 0 Å². The summed E-state index contributed by atoms with van der Waals surface area (Å²) < 4.78 is 0. The van der Waals surface area contributed by atoms with E-state index in [1.807, 2.05) is 12.1 Å². The molecule has 0 bridgehead atoms. The molecule has 5 nitrogen and oxygen atoms in total. The Morgan fingerprint density at radius 2 is 1.95 bits per heavy atom. The highest BCUT2D eigenvalue weighted by molar-refractivity contribution is 5.92. The zero-order valence-electron chi connectivity index (χ0n) is 12.0. The number of hydrogen-bond acceptors (Lipinski definition) is 4. The van der Waals surface area contributed by atoms with E-state index in [0.717, 1.165) is 24.9 Å². The molecular weight excluding hydrogens is 264 g/mol. The van der Waals surface area contributed by atoms with Crippen molar-refractivity contribution in [2.45, 2.75) is 32.2 Å². The Labute approximate surface area is 123 Å². The van der Waals surface area contributed by atoms with Crippen LogP contribution in [0.2, 0.25) is 0 Å². The zero-order valence-corrected chi connectivity index (χ0v) is 12.0. The summed E-state index contributed by atoms with van der Waals surface area (Å²) >= 11 is 0. The predicted octanol–water partition coefficient (Wildman–Crippen LogP) is 2.67. The molecule has 3 rings (SSSR count). The minimum atomic E-state index is -0.149. The Hall–Kier alpha value is -2.43. The Kier molecular flexibility index (Phi) is 3.81. The number of anilines is 2. The number of carbonyl (C=O) groups excluding carboxylic acids is 1. The summed E-state index contributed by atoms with van der Waals surface area (Å²) in [5, 5.41) is 6.06. The van der Waals surface area contributed by atoms with E-state index >= 15 is 0 Å². The molecule has 1 saturated carbocycles. The first-order valence-corrected chi connectivity index (χ1v) is 7.23. The number of amides is 1. The summed E-state index contributed by atoms with van der Waals surface area (Å²) in [5.74, 6) is 0.478. The van der Waals surface area contributed by atoms with Crippen LogP contribution in [0.4, 0.5) is 11.5 Å². The van der Waals surface area contributed by atoms with Crippen molar-refractivity contribution in [2.24, 2.45) is 0 Å². The van der Waals surface area contributed by atoms with Gasteiger partial charge >= 0.3 is 0 Å². The lowest BCUT2D eigenvalue weighted by molar-refractivity contribution is 0.0945. The highest BCUT2D eigenvalue weighted by Crippen LogP contribution is 2.19. The quantitative estimate of drug-likeness (QED) is 0.884. The molecule has 5 heteroatoms. The summed E-state index contributed by atoms with van der Waals surface area (Å²) in [6, 6.07) is 8.50. The molecule has 21 heavy (non-hydrogen) atoms. The molecule has 0 aliphatic heterocycles. The van der Waals surface area contributed by atoms with E-state index in [1.54, 1.807) is 6.20 Å². The lowest BCUT2D eigenvalue weighted by atomic mass is 10.1. The molecular formula is C16H18N4O. The van der Waals surface area contributed by atoms with Gasteiger partial charge in [-0.1, -0.05) is 19.1 Å². The summed E-state index contributed by atoms with van der Waals surface area (Å²) in [6.07, 6.45) is 6.22. The minimum Gasteiger partial charge on any atom is -0.348 e. The Balaban J connectivity index is 1.64. The molecule has 0 atom stereocenters. The van der Waals surface area contributed by atoms with Crippen LogP contribution >= 0.6 is 0 Å². The average molecular weight is 282 g/mol. The molecule has 2 N–H and O–H groups in total. The number of rotatable bonds is 5. The molecule has 1 aliphatic rings. The fraction of sp³-hybridized carbons (Fsp3) is 0.312.